The van der Waals surface area contributed by atoms with Crippen LogP contribution in [-0.2, 0) is 20.9 Å². The van der Waals surface area contributed by atoms with Crippen LogP contribution in [0.4, 0.5) is 4.79 Å². The van der Waals surface area contributed by atoms with E-state index in [0.717, 1.165) is 5.56 Å². The molecule has 14 heteroatoms. The smallest absolute Gasteiger partial charge is 0.338 e. The van der Waals surface area contributed by atoms with Gasteiger partial charge in [-0.25, -0.2) is 15.0 Å². The Morgan fingerprint density at radius 2 is 1.79 bits per heavy atom. The number of rotatable bonds is 14. The van der Waals surface area contributed by atoms with E-state index in [-0.39, 0.29) is 36.9 Å². The van der Waals surface area contributed by atoms with E-state index in [9.17, 15) is 14.4 Å². The fourth-order valence-corrected chi connectivity index (χ4v) is 5.09. The number of amides is 3. The van der Waals surface area contributed by atoms with Crippen molar-refractivity contribution in [2.24, 2.45) is 5.10 Å². The van der Waals surface area contributed by atoms with Crippen molar-refractivity contribution >= 4 is 47.3 Å². The number of benzene rings is 3. The summed E-state index contributed by atoms with van der Waals surface area (Å²) in [7, 11) is 1.43. The molecule has 0 saturated carbocycles. The fraction of sp³-hybridized carbons (Fsp3) is 0.273. The summed E-state index contributed by atoms with van der Waals surface area (Å²) in [4.78, 5) is 37.3. The molecular weight excluding hydrogens is 651 g/mol. The number of ether oxygens (including phenoxy) is 5. The summed E-state index contributed by atoms with van der Waals surface area (Å²) in [6, 6.07) is 14.2. The molecule has 0 spiro atoms. The normalized spacial score (nSPS) is 14.3. The number of esters is 1. The third-order valence-corrected chi connectivity index (χ3v) is 7.17. The summed E-state index contributed by atoms with van der Waals surface area (Å²) in [5, 5.41) is 10.2. The summed E-state index contributed by atoms with van der Waals surface area (Å²) in [5.41, 5.74) is 5.01. The highest BCUT2D eigenvalue weighted by molar-refractivity contribution is 6.32. The molecule has 3 aromatic carbocycles. The first-order valence-electron chi connectivity index (χ1n) is 14.5. The summed E-state index contributed by atoms with van der Waals surface area (Å²) < 4.78 is 28.0. The summed E-state index contributed by atoms with van der Waals surface area (Å²) in [6.45, 7) is 5.55. The van der Waals surface area contributed by atoms with E-state index < -0.39 is 23.9 Å². The van der Waals surface area contributed by atoms with Crippen LogP contribution in [0.5, 0.6) is 23.0 Å². The number of carbonyl (C=O) groups excluding carboxylic acids is 3. The quantitative estimate of drug-likeness (QED) is 0.111. The molecule has 47 heavy (non-hydrogen) atoms. The van der Waals surface area contributed by atoms with E-state index in [1.807, 2.05) is 19.1 Å². The van der Waals surface area contributed by atoms with Gasteiger partial charge in [-0.15, -0.1) is 0 Å². The molecule has 0 bridgehead atoms. The van der Waals surface area contributed by atoms with Crippen molar-refractivity contribution in [1.29, 1.82) is 0 Å². The summed E-state index contributed by atoms with van der Waals surface area (Å²) in [5.74, 6) is 0.220. The number of hydrogen-bond donors (Lipinski definition) is 3. The predicted molar refractivity (Wildman–Crippen MR) is 176 cm³/mol. The zero-order valence-corrected chi connectivity index (χ0v) is 27.7. The highest BCUT2D eigenvalue weighted by Gasteiger charge is 2.32. The van der Waals surface area contributed by atoms with Crippen LogP contribution in [0.15, 0.2) is 71.0 Å². The molecule has 3 N–H and O–H groups in total. The van der Waals surface area contributed by atoms with Crippen LogP contribution in [-0.4, -0.2) is 51.1 Å². The lowest BCUT2D eigenvalue weighted by Gasteiger charge is -2.28. The van der Waals surface area contributed by atoms with Gasteiger partial charge >= 0.3 is 12.0 Å². The van der Waals surface area contributed by atoms with Crippen molar-refractivity contribution in [2.45, 2.75) is 33.4 Å². The third kappa shape index (κ3) is 9.30. The lowest BCUT2D eigenvalue weighted by atomic mass is 9.95. The second-order valence-electron chi connectivity index (χ2n) is 9.96. The average molecular weight is 686 g/mol. The maximum atomic E-state index is 12.6. The maximum absolute atomic E-state index is 12.6. The number of carbonyl (C=O) groups is 3. The van der Waals surface area contributed by atoms with Crippen molar-refractivity contribution in [3.63, 3.8) is 0 Å². The van der Waals surface area contributed by atoms with Gasteiger partial charge in [0, 0.05) is 10.7 Å². The molecule has 0 radical (unpaired) electrons. The second kappa shape index (κ2) is 16.6. The van der Waals surface area contributed by atoms with Gasteiger partial charge in [0.15, 0.2) is 29.6 Å². The van der Waals surface area contributed by atoms with Crippen molar-refractivity contribution < 1.29 is 38.1 Å². The fourth-order valence-electron chi connectivity index (χ4n) is 4.61. The van der Waals surface area contributed by atoms with Gasteiger partial charge in [-0.2, -0.15) is 5.10 Å². The Morgan fingerprint density at radius 1 is 0.979 bits per heavy atom. The molecular formula is C33H34Cl2N4O8. The lowest BCUT2D eigenvalue weighted by Crippen LogP contribution is -2.45. The van der Waals surface area contributed by atoms with Gasteiger partial charge in [0.1, 0.15) is 6.61 Å². The first-order valence-corrected chi connectivity index (χ1v) is 15.3. The van der Waals surface area contributed by atoms with Crippen LogP contribution in [0.1, 0.15) is 43.5 Å². The number of hydrogen-bond acceptors (Lipinski definition) is 9. The standard InChI is InChI=1S/C33H34Cl2N4O8/c1-5-44-27-14-21(13-24(35)31(27)47-17-20-8-7-9-23(34)12-20)16-36-39-28(40)18-46-25-11-10-22(15-26(25)43-4)30-29(32(41)45-6-2)19(3)37-33(42)38-30/h7-16,30H,5-6,17-18H2,1-4H3,(H,39,40)(H2,37,38,42)/b36-16+/t30-/m0/s1. The molecule has 12 nitrogen and oxygen atoms in total. The van der Waals surface area contributed by atoms with Crippen molar-refractivity contribution in [3.8, 4) is 23.0 Å². The van der Waals surface area contributed by atoms with Gasteiger partial charge < -0.3 is 34.3 Å². The minimum atomic E-state index is -0.788. The van der Waals surface area contributed by atoms with Crippen LogP contribution >= 0.6 is 23.2 Å². The predicted octanol–water partition coefficient (Wildman–Crippen LogP) is 5.70. The molecule has 3 aromatic rings. The SMILES string of the molecule is CCOC(=O)C1=C(C)NC(=O)N[C@H]1c1ccc(OCC(=O)N/N=C/c2cc(Cl)c(OCc3cccc(Cl)c3)c(OCC)c2)c(OC)c1. The number of allylic oxidation sites excluding steroid dienone is 1. The molecule has 0 aliphatic carbocycles. The van der Waals surface area contributed by atoms with Crippen LogP contribution in [0, 0.1) is 0 Å². The van der Waals surface area contributed by atoms with E-state index >= 15 is 0 Å². The first-order chi connectivity index (χ1) is 22.6. The number of methoxy groups -OCH3 is 1. The van der Waals surface area contributed by atoms with Crippen molar-refractivity contribution in [3.05, 3.63) is 92.6 Å². The number of halogens is 2. The Morgan fingerprint density at radius 3 is 2.51 bits per heavy atom. The van der Waals surface area contributed by atoms with Crippen LogP contribution < -0.4 is 35.0 Å². The third-order valence-electron chi connectivity index (χ3n) is 6.65. The molecule has 0 unspecified atom stereocenters. The van der Waals surface area contributed by atoms with Crippen LogP contribution in [0.2, 0.25) is 10.0 Å². The molecule has 1 aliphatic rings. The maximum Gasteiger partial charge on any atom is 0.338 e. The Hall–Kier alpha value is -4.94. The number of nitrogens with zero attached hydrogens (tertiary/aromatic N) is 1. The topological polar surface area (TPSA) is 146 Å². The zero-order chi connectivity index (χ0) is 33.9. The highest BCUT2D eigenvalue weighted by Crippen LogP contribution is 2.37. The van der Waals surface area contributed by atoms with Crippen molar-refractivity contribution in [2.75, 3.05) is 26.9 Å². The molecule has 248 valence electrons. The summed E-state index contributed by atoms with van der Waals surface area (Å²) >= 11 is 12.6. The molecule has 0 saturated heterocycles. The number of urea groups is 1. The van der Waals surface area contributed by atoms with E-state index in [4.69, 9.17) is 46.9 Å². The van der Waals surface area contributed by atoms with E-state index in [2.05, 4.69) is 21.2 Å². The molecule has 4 rings (SSSR count). The number of nitrogens with one attached hydrogen (secondary N) is 3. The molecule has 1 aliphatic heterocycles. The summed E-state index contributed by atoms with van der Waals surface area (Å²) in [6.07, 6.45) is 1.41. The largest absolute Gasteiger partial charge is 0.493 e. The molecule has 1 atom stereocenters. The van der Waals surface area contributed by atoms with E-state index in [1.54, 1.807) is 56.3 Å². The average Bonchev–Trinajstić information content (AvgIpc) is 3.03. The Labute approximate surface area is 281 Å². The van der Waals surface area contributed by atoms with E-state index in [0.29, 0.717) is 45.0 Å². The molecule has 3 amide bonds. The Balaban J connectivity index is 1.39. The molecule has 0 fully saturated rings. The van der Waals surface area contributed by atoms with Crippen LogP contribution in [0.25, 0.3) is 0 Å². The van der Waals surface area contributed by atoms with Crippen molar-refractivity contribution in [1.82, 2.24) is 16.1 Å². The minimum absolute atomic E-state index is 0.174. The second-order valence-corrected chi connectivity index (χ2v) is 10.8. The minimum Gasteiger partial charge on any atom is -0.493 e. The Bertz CT molecular complexity index is 1700. The number of hydrazone groups is 1. The van der Waals surface area contributed by atoms with Gasteiger partial charge in [-0.1, -0.05) is 41.4 Å². The van der Waals surface area contributed by atoms with Gasteiger partial charge in [-0.05, 0) is 73.9 Å². The van der Waals surface area contributed by atoms with Gasteiger partial charge in [0.2, 0.25) is 0 Å². The van der Waals surface area contributed by atoms with Gasteiger partial charge in [0.25, 0.3) is 5.91 Å². The first kappa shape index (κ1) is 34.9. The Kier molecular flexibility index (Phi) is 12.3. The van der Waals surface area contributed by atoms with E-state index in [1.165, 1.54) is 13.3 Å². The monoisotopic (exact) mass is 684 g/mol. The van der Waals surface area contributed by atoms with Crippen LogP contribution in [0.3, 0.4) is 0 Å². The molecule has 0 aromatic heterocycles. The highest BCUT2D eigenvalue weighted by atomic mass is 35.5. The van der Waals surface area contributed by atoms with Gasteiger partial charge in [-0.3, -0.25) is 4.79 Å². The lowest BCUT2D eigenvalue weighted by molar-refractivity contribution is -0.139. The van der Waals surface area contributed by atoms with Gasteiger partial charge in [0.05, 0.1) is 43.2 Å². The zero-order valence-electron chi connectivity index (χ0n) is 26.1. The molecule has 1 heterocycles.